The van der Waals surface area contributed by atoms with E-state index in [0.717, 1.165) is 5.69 Å². The first-order chi connectivity index (χ1) is 11.0. The van der Waals surface area contributed by atoms with Crippen LogP contribution in [0.2, 0.25) is 0 Å². The molecule has 1 unspecified atom stereocenters. The molecule has 3 rings (SSSR count). The molecule has 1 amide bonds. The number of aryl methyl sites for hydroxylation is 1. The lowest BCUT2D eigenvalue weighted by molar-refractivity contribution is 0.103. The maximum absolute atomic E-state index is 12.4. The normalized spacial score (nSPS) is 12.3. The number of nitrogens with two attached hydrogens (primary N) is 1. The van der Waals surface area contributed by atoms with E-state index in [-0.39, 0.29) is 5.91 Å². The molecule has 0 aliphatic rings. The number of nitrogen functional groups attached to an aromatic ring is 1. The van der Waals surface area contributed by atoms with Crippen LogP contribution in [0.3, 0.4) is 0 Å². The molecular formula is C16H16N4O2S. The summed E-state index contributed by atoms with van der Waals surface area (Å²) in [6.07, 6.45) is 0.959. The fourth-order valence-electron chi connectivity index (χ4n) is 2.34. The Morgan fingerprint density at radius 1 is 1.43 bits per heavy atom. The third kappa shape index (κ3) is 2.88. The average molecular weight is 328 g/mol. The van der Waals surface area contributed by atoms with Gasteiger partial charge in [0.1, 0.15) is 15.5 Å². The summed E-state index contributed by atoms with van der Waals surface area (Å²) in [4.78, 5) is 22.0. The molecule has 0 aliphatic heterocycles. The molecule has 0 saturated heterocycles. The van der Waals surface area contributed by atoms with Crippen LogP contribution in [-0.2, 0) is 0 Å². The summed E-state index contributed by atoms with van der Waals surface area (Å²) in [5, 5.41) is 13.2. The van der Waals surface area contributed by atoms with Crippen LogP contribution in [0.4, 0.5) is 11.5 Å². The van der Waals surface area contributed by atoms with Gasteiger partial charge in [0.2, 0.25) is 0 Å². The smallest absolute Gasteiger partial charge is 0.269 e. The summed E-state index contributed by atoms with van der Waals surface area (Å²) in [6.45, 7) is 3.50. The molecule has 3 aromatic heterocycles. The van der Waals surface area contributed by atoms with E-state index in [9.17, 15) is 9.90 Å². The molecule has 23 heavy (non-hydrogen) atoms. The number of aliphatic hydroxyl groups excluding tert-OH is 1. The van der Waals surface area contributed by atoms with Gasteiger partial charge < -0.3 is 16.2 Å². The van der Waals surface area contributed by atoms with E-state index < -0.39 is 6.10 Å². The lowest BCUT2D eigenvalue weighted by Crippen LogP contribution is -2.12. The molecule has 118 valence electrons. The largest absolute Gasteiger partial charge is 0.397 e. The van der Waals surface area contributed by atoms with Gasteiger partial charge in [-0.1, -0.05) is 6.07 Å². The minimum Gasteiger partial charge on any atom is -0.397 e. The maximum atomic E-state index is 12.4. The molecule has 3 aromatic rings. The molecule has 0 spiro atoms. The van der Waals surface area contributed by atoms with Crippen molar-refractivity contribution in [3.05, 3.63) is 46.6 Å². The summed E-state index contributed by atoms with van der Waals surface area (Å²) in [7, 11) is 0. The SMILES string of the molecule is Cc1nc2sc(C(=O)Nc3ccccn3)c(N)c2cc1C(C)O. The number of rotatable bonds is 3. The summed E-state index contributed by atoms with van der Waals surface area (Å²) >= 11 is 1.23. The summed E-state index contributed by atoms with van der Waals surface area (Å²) in [5.74, 6) is 0.142. The summed E-state index contributed by atoms with van der Waals surface area (Å²) in [5.41, 5.74) is 7.92. The van der Waals surface area contributed by atoms with E-state index in [1.807, 2.05) is 6.92 Å². The van der Waals surface area contributed by atoms with Crippen LogP contribution in [-0.4, -0.2) is 21.0 Å². The van der Waals surface area contributed by atoms with Gasteiger partial charge in [-0.3, -0.25) is 4.79 Å². The van der Waals surface area contributed by atoms with E-state index in [1.54, 1.807) is 37.4 Å². The van der Waals surface area contributed by atoms with Gasteiger partial charge in [0.15, 0.2) is 0 Å². The standard InChI is InChI=1S/C16H16N4O2S/c1-8-10(9(2)21)7-11-13(17)14(23-16(11)19-8)15(22)20-12-5-3-4-6-18-12/h3-7,9,21H,17H2,1-2H3,(H,18,20,22). The third-order valence-corrected chi connectivity index (χ3v) is 4.63. The molecule has 4 N–H and O–H groups in total. The summed E-state index contributed by atoms with van der Waals surface area (Å²) < 4.78 is 0. The molecule has 0 bridgehead atoms. The lowest BCUT2D eigenvalue weighted by Gasteiger charge is -2.08. The quantitative estimate of drug-likeness (QED) is 0.686. The number of carbonyl (C=O) groups excluding carboxylic acids is 1. The van der Waals surface area contributed by atoms with Crippen molar-refractivity contribution in [2.24, 2.45) is 0 Å². The number of nitrogens with zero attached hydrogens (tertiary/aromatic N) is 2. The number of thiophene rings is 1. The molecule has 7 heteroatoms. The molecule has 1 atom stereocenters. The second-order valence-corrected chi connectivity index (χ2v) is 6.20. The molecule has 6 nitrogen and oxygen atoms in total. The highest BCUT2D eigenvalue weighted by Crippen LogP contribution is 2.35. The number of pyridine rings is 2. The Bertz CT molecular complexity index is 875. The zero-order chi connectivity index (χ0) is 16.6. The van der Waals surface area contributed by atoms with Crippen molar-refractivity contribution in [2.75, 3.05) is 11.1 Å². The minimum absolute atomic E-state index is 0.319. The summed E-state index contributed by atoms with van der Waals surface area (Å²) in [6, 6.07) is 7.06. The zero-order valence-corrected chi connectivity index (χ0v) is 13.5. The van der Waals surface area contributed by atoms with Crippen LogP contribution in [0.25, 0.3) is 10.2 Å². The van der Waals surface area contributed by atoms with E-state index in [0.29, 0.717) is 32.2 Å². The second-order valence-electron chi connectivity index (χ2n) is 5.21. The number of aliphatic hydroxyl groups is 1. The van der Waals surface area contributed by atoms with Gasteiger partial charge in [0.25, 0.3) is 5.91 Å². The lowest BCUT2D eigenvalue weighted by atomic mass is 10.1. The average Bonchev–Trinajstić information content (AvgIpc) is 2.83. The van der Waals surface area contributed by atoms with E-state index in [1.165, 1.54) is 11.3 Å². The number of hydrogen-bond acceptors (Lipinski definition) is 6. The number of aromatic nitrogens is 2. The van der Waals surface area contributed by atoms with Crippen LogP contribution in [0, 0.1) is 6.92 Å². The zero-order valence-electron chi connectivity index (χ0n) is 12.7. The van der Waals surface area contributed by atoms with Gasteiger partial charge >= 0.3 is 0 Å². The van der Waals surface area contributed by atoms with Crippen molar-refractivity contribution in [2.45, 2.75) is 20.0 Å². The predicted molar refractivity (Wildman–Crippen MR) is 91.6 cm³/mol. The van der Waals surface area contributed by atoms with Crippen LogP contribution < -0.4 is 11.1 Å². The van der Waals surface area contributed by atoms with E-state index in [2.05, 4.69) is 15.3 Å². The highest BCUT2D eigenvalue weighted by atomic mass is 32.1. The van der Waals surface area contributed by atoms with Crippen LogP contribution in [0.1, 0.15) is 34.0 Å². The Kier molecular flexibility index (Phi) is 3.97. The number of fused-ring (bicyclic) bond motifs is 1. The molecule has 0 radical (unpaired) electrons. The van der Waals surface area contributed by atoms with Crippen molar-refractivity contribution < 1.29 is 9.90 Å². The van der Waals surface area contributed by atoms with Gasteiger partial charge in [0, 0.05) is 22.8 Å². The van der Waals surface area contributed by atoms with Crippen molar-refractivity contribution in [3.8, 4) is 0 Å². The first kappa shape index (κ1) is 15.4. The van der Waals surface area contributed by atoms with Crippen LogP contribution in [0.15, 0.2) is 30.5 Å². The van der Waals surface area contributed by atoms with Gasteiger partial charge in [-0.25, -0.2) is 9.97 Å². The highest BCUT2D eigenvalue weighted by molar-refractivity contribution is 7.21. The second kappa shape index (κ2) is 5.94. The molecular weight excluding hydrogens is 312 g/mol. The van der Waals surface area contributed by atoms with E-state index in [4.69, 9.17) is 5.73 Å². The fraction of sp³-hybridized carbons (Fsp3) is 0.188. The first-order valence-corrected chi connectivity index (χ1v) is 7.89. The van der Waals surface area contributed by atoms with Gasteiger partial charge in [-0.15, -0.1) is 11.3 Å². The number of carbonyl (C=O) groups is 1. The molecule has 0 saturated carbocycles. The predicted octanol–water partition coefficient (Wildman–Crippen LogP) is 2.89. The monoisotopic (exact) mass is 328 g/mol. The third-order valence-electron chi connectivity index (χ3n) is 3.51. The highest BCUT2D eigenvalue weighted by Gasteiger charge is 2.19. The van der Waals surface area contributed by atoms with Crippen molar-refractivity contribution in [3.63, 3.8) is 0 Å². The first-order valence-electron chi connectivity index (χ1n) is 7.07. The Morgan fingerprint density at radius 3 is 2.87 bits per heavy atom. The molecule has 0 aromatic carbocycles. The van der Waals surface area contributed by atoms with Gasteiger partial charge in [-0.2, -0.15) is 0 Å². The minimum atomic E-state index is -0.642. The number of nitrogens with one attached hydrogen (secondary N) is 1. The van der Waals surface area contributed by atoms with Crippen molar-refractivity contribution in [1.82, 2.24) is 9.97 Å². The molecule has 0 fully saturated rings. The molecule has 3 heterocycles. The van der Waals surface area contributed by atoms with Gasteiger partial charge in [-0.05, 0) is 32.0 Å². The fourth-order valence-corrected chi connectivity index (χ4v) is 3.36. The van der Waals surface area contributed by atoms with Crippen molar-refractivity contribution in [1.29, 1.82) is 0 Å². The van der Waals surface area contributed by atoms with Crippen LogP contribution >= 0.6 is 11.3 Å². The number of anilines is 2. The molecule has 0 aliphatic carbocycles. The van der Waals surface area contributed by atoms with Crippen LogP contribution in [0.5, 0.6) is 0 Å². The van der Waals surface area contributed by atoms with E-state index >= 15 is 0 Å². The van der Waals surface area contributed by atoms with Gasteiger partial charge in [0.05, 0.1) is 11.8 Å². The Morgan fingerprint density at radius 2 is 2.22 bits per heavy atom. The number of hydrogen-bond donors (Lipinski definition) is 3. The Labute approximate surface area is 137 Å². The number of amides is 1. The maximum Gasteiger partial charge on any atom is 0.269 e. The Balaban J connectivity index is 2.02. The topological polar surface area (TPSA) is 101 Å². The van der Waals surface area contributed by atoms with Crippen molar-refractivity contribution >= 4 is 39.0 Å². The Hall–Kier alpha value is -2.51.